The van der Waals surface area contributed by atoms with Crippen LogP contribution < -0.4 is 5.32 Å². The molecule has 2 fully saturated rings. The molecule has 0 bridgehead atoms. The van der Waals surface area contributed by atoms with Crippen molar-refractivity contribution in [1.82, 2.24) is 10.2 Å². The van der Waals surface area contributed by atoms with Gasteiger partial charge in [0.15, 0.2) is 0 Å². The molecule has 1 aromatic carbocycles. The molecule has 2 aliphatic rings. The predicted molar refractivity (Wildman–Crippen MR) is 96.4 cm³/mol. The van der Waals surface area contributed by atoms with Gasteiger partial charge in [-0.1, -0.05) is 24.3 Å². The maximum absolute atomic E-state index is 5.57. The van der Waals surface area contributed by atoms with Gasteiger partial charge in [0.1, 0.15) is 0 Å². The minimum atomic E-state index is 0. The number of nitrogens with zero attached hydrogens (tertiary/aromatic N) is 1. The molecule has 22 heavy (non-hydrogen) atoms. The fraction of sp³-hybridized carbons (Fsp3) is 0.647. The summed E-state index contributed by atoms with van der Waals surface area (Å²) in [6, 6.07) is 9.50. The van der Waals surface area contributed by atoms with E-state index in [1.165, 1.54) is 24.0 Å². The van der Waals surface area contributed by atoms with Crippen molar-refractivity contribution in [3.63, 3.8) is 0 Å². The van der Waals surface area contributed by atoms with E-state index in [0.29, 0.717) is 6.04 Å². The Balaban J connectivity index is 0.00000121. The molecular formula is C17H28Cl2N2O. The molecule has 0 amide bonds. The van der Waals surface area contributed by atoms with Gasteiger partial charge in [0.2, 0.25) is 0 Å². The molecule has 2 saturated heterocycles. The normalized spacial score (nSPS) is 21.5. The number of piperazine rings is 1. The van der Waals surface area contributed by atoms with Crippen LogP contribution in [-0.2, 0) is 4.74 Å². The summed E-state index contributed by atoms with van der Waals surface area (Å²) < 4.78 is 5.57. The summed E-state index contributed by atoms with van der Waals surface area (Å²) in [4.78, 5) is 2.69. The SMILES string of the molecule is Cc1ccccc1[C@H](C1CCOCC1)N1CCNCC1.Cl.Cl. The Hall–Kier alpha value is -0.320. The molecule has 1 aromatic rings. The van der Waals surface area contributed by atoms with E-state index in [2.05, 4.69) is 41.4 Å². The van der Waals surface area contributed by atoms with Crippen molar-refractivity contribution in [2.24, 2.45) is 5.92 Å². The van der Waals surface area contributed by atoms with Crippen LogP contribution >= 0.6 is 24.8 Å². The Labute approximate surface area is 146 Å². The van der Waals surface area contributed by atoms with E-state index in [1.54, 1.807) is 0 Å². The first-order valence-corrected chi connectivity index (χ1v) is 7.94. The fourth-order valence-corrected chi connectivity index (χ4v) is 3.66. The van der Waals surface area contributed by atoms with Gasteiger partial charge in [-0.2, -0.15) is 0 Å². The van der Waals surface area contributed by atoms with Crippen LogP contribution in [0.2, 0.25) is 0 Å². The molecule has 0 aromatic heterocycles. The summed E-state index contributed by atoms with van der Waals surface area (Å²) in [5.74, 6) is 0.739. The summed E-state index contributed by atoms with van der Waals surface area (Å²) in [5, 5.41) is 3.47. The second-order valence-corrected chi connectivity index (χ2v) is 6.04. The highest BCUT2D eigenvalue weighted by atomic mass is 35.5. The van der Waals surface area contributed by atoms with E-state index in [1.807, 2.05) is 0 Å². The van der Waals surface area contributed by atoms with Crippen LogP contribution in [0.4, 0.5) is 0 Å². The van der Waals surface area contributed by atoms with E-state index in [0.717, 1.165) is 45.3 Å². The number of hydrogen-bond donors (Lipinski definition) is 1. The molecule has 2 heterocycles. The van der Waals surface area contributed by atoms with E-state index in [4.69, 9.17) is 4.74 Å². The molecule has 0 spiro atoms. The van der Waals surface area contributed by atoms with Gasteiger partial charge in [0.25, 0.3) is 0 Å². The molecule has 0 aliphatic carbocycles. The Morgan fingerprint density at radius 3 is 2.36 bits per heavy atom. The summed E-state index contributed by atoms with van der Waals surface area (Å²) in [5.41, 5.74) is 2.96. The molecule has 5 heteroatoms. The smallest absolute Gasteiger partial charge is 0.0469 e. The van der Waals surface area contributed by atoms with E-state index < -0.39 is 0 Å². The first kappa shape index (κ1) is 19.7. The number of ether oxygens (including phenoxy) is 1. The highest BCUT2D eigenvalue weighted by Crippen LogP contribution is 2.36. The fourth-order valence-electron chi connectivity index (χ4n) is 3.66. The molecule has 3 rings (SSSR count). The first-order valence-electron chi connectivity index (χ1n) is 7.94. The van der Waals surface area contributed by atoms with Crippen LogP contribution in [0.3, 0.4) is 0 Å². The molecule has 1 atom stereocenters. The van der Waals surface area contributed by atoms with E-state index >= 15 is 0 Å². The van der Waals surface area contributed by atoms with Gasteiger partial charge in [0, 0.05) is 45.4 Å². The number of aryl methyl sites for hydroxylation is 1. The lowest BCUT2D eigenvalue weighted by molar-refractivity contribution is 0.0211. The van der Waals surface area contributed by atoms with Crippen LogP contribution in [0.15, 0.2) is 24.3 Å². The monoisotopic (exact) mass is 346 g/mol. The Bertz CT molecular complexity index is 414. The maximum Gasteiger partial charge on any atom is 0.0469 e. The lowest BCUT2D eigenvalue weighted by Gasteiger charge is -2.41. The van der Waals surface area contributed by atoms with Crippen molar-refractivity contribution in [1.29, 1.82) is 0 Å². The highest BCUT2D eigenvalue weighted by molar-refractivity contribution is 5.85. The molecule has 3 nitrogen and oxygen atoms in total. The topological polar surface area (TPSA) is 24.5 Å². The molecular weight excluding hydrogens is 319 g/mol. The van der Waals surface area contributed by atoms with Gasteiger partial charge >= 0.3 is 0 Å². The van der Waals surface area contributed by atoms with Gasteiger partial charge < -0.3 is 10.1 Å². The van der Waals surface area contributed by atoms with Gasteiger partial charge in [-0.05, 0) is 36.8 Å². The van der Waals surface area contributed by atoms with Crippen molar-refractivity contribution in [2.45, 2.75) is 25.8 Å². The minimum absolute atomic E-state index is 0. The zero-order valence-electron chi connectivity index (χ0n) is 13.3. The number of rotatable bonds is 3. The average Bonchev–Trinajstić information content (AvgIpc) is 2.52. The third-order valence-corrected chi connectivity index (χ3v) is 4.76. The Morgan fingerprint density at radius 2 is 1.73 bits per heavy atom. The third kappa shape index (κ3) is 4.59. The molecule has 0 radical (unpaired) electrons. The van der Waals surface area contributed by atoms with Gasteiger partial charge in [-0.15, -0.1) is 24.8 Å². The van der Waals surface area contributed by atoms with Crippen molar-refractivity contribution in [3.05, 3.63) is 35.4 Å². The standard InChI is InChI=1S/C17H26N2O.2ClH/c1-14-4-2-3-5-16(14)17(15-6-12-20-13-7-15)19-10-8-18-9-11-19;;/h2-5,15,17-18H,6-13H2,1H3;2*1H/t17-;;/m0../s1. The number of hydrogen-bond acceptors (Lipinski definition) is 3. The van der Waals surface area contributed by atoms with Gasteiger partial charge in [0.05, 0.1) is 0 Å². The average molecular weight is 347 g/mol. The van der Waals surface area contributed by atoms with Crippen LogP contribution in [-0.4, -0.2) is 44.3 Å². The van der Waals surface area contributed by atoms with Crippen LogP contribution in [0, 0.1) is 12.8 Å². The molecule has 0 unspecified atom stereocenters. The zero-order chi connectivity index (χ0) is 13.8. The zero-order valence-corrected chi connectivity index (χ0v) is 14.9. The molecule has 126 valence electrons. The Morgan fingerprint density at radius 1 is 1.09 bits per heavy atom. The minimum Gasteiger partial charge on any atom is -0.381 e. The van der Waals surface area contributed by atoms with Crippen molar-refractivity contribution < 1.29 is 4.74 Å². The largest absolute Gasteiger partial charge is 0.381 e. The molecule has 2 aliphatic heterocycles. The number of benzene rings is 1. The third-order valence-electron chi connectivity index (χ3n) is 4.76. The second kappa shape index (κ2) is 9.74. The first-order chi connectivity index (χ1) is 9.86. The molecule has 1 N–H and O–H groups in total. The second-order valence-electron chi connectivity index (χ2n) is 6.04. The van der Waals surface area contributed by atoms with Crippen LogP contribution in [0.25, 0.3) is 0 Å². The van der Waals surface area contributed by atoms with Crippen LogP contribution in [0.5, 0.6) is 0 Å². The van der Waals surface area contributed by atoms with Crippen molar-refractivity contribution in [2.75, 3.05) is 39.4 Å². The number of nitrogens with one attached hydrogen (secondary N) is 1. The molecule has 0 saturated carbocycles. The van der Waals surface area contributed by atoms with Crippen molar-refractivity contribution in [3.8, 4) is 0 Å². The Kier molecular flexibility index (Phi) is 8.73. The summed E-state index contributed by atoms with van der Waals surface area (Å²) in [7, 11) is 0. The summed E-state index contributed by atoms with van der Waals surface area (Å²) in [6.45, 7) is 8.67. The van der Waals surface area contributed by atoms with E-state index in [-0.39, 0.29) is 24.8 Å². The predicted octanol–water partition coefficient (Wildman–Crippen LogP) is 3.21. The quantitative estimate of drug-likeness (QED) is 0.909. The van der Waals surface area contributed by atoms with Crippen LogP contribution in [0.1, 0.15) is 30.0 Å². The highest BCUT2D eigenvalue weighted by Gasteiger charge is 2.31. The summed E-state index contributed by atoms with van der Waals surface area (Å²) >= 11 is 0. The van der Waals surface area contributed by atoms with E-state index in [9.17, 15) is 0 Å². The van der Waals surface area contributed by atoms with Gasteiger partial charge in [-0.3, -0.25) is 4.90 Å². The van der Waals surface area contributed by atoms with Crippen molar-refractivity contribution >= 4 is 24.8 Å². The lowest BCUT2D eigenvalue weighted by atomic mass is 9.84. The number of halogens is 2. The summed E-state index contributed by atoms with van der Waals surface area (Å²) in [6.07, 6.45) is 2.39. The lowest BCUT2D eigenvalue weighted by Crippen LogP contribution is -2.47. The maximum atomic E-state index is 5.57. The van der Waals surface area contributed by atoms with Gasteiger partial charge in [-0.25, -0.2) is 0 Å².